The highest BCUT2D eigenvalue weighted by Crippen LogP contribution is 1.87. The Kier molecular flexibility index (Phi) is 5.78. The molecule has 4 heteroatoms. The zero-order valence-corrected chi connectivity index (χ0v) is 6.71. The predicted molar refractivity (Wildman–Crippen MR) is 41.0 cm³/mol. The van der Waals surface area contributed by atoms with Crippen LogP contribution in [0.15, 0.2) is 0 Å². The Hall–Kier alpha value is -0.610. The average Bonchev–Trinajstić information content (AvgIpc) is 2.04. The SMILES string of the molecule is CCC(=O)NCCC(O)CO. The number of aliphatic hydroxyl groups is 2. The summed E-state index contributed by atoms with van der Waals surface area (Å²) in [4.78, 5) is 10.6. The molecule has 3 N–H and O–H groups in total. The van der Waals surface area contributed by atoms with E-state index in [9.17, 15) is 4.79 Å². The van der Waals surface area contributed by atoms with Gasteiger partial charge in [0.1, 0.15) is 0 Å². The van der Waals surface area contributed by atoms with E-state index in [2.05, 4.69) is 5.32 Å². The van der Waals surface area contributed by atoms with Crippen molar-refractivity contribution in [3.63, 3.8) is 0 Å². The van der Waals surface area contributed by atoms with Gasteiger partial charge >= 0.3 is 0 Å². The molecule has 0 radical (unpaired) electrons. The van der Waals surface area contributed by atoms with Crippen molar-refractivity contribution in [2.45, 2.75) is 25.9 Å². The maximum Gasteiger partial charge on any atom is 0.219 e. The van der Waals surface area contributed by atoms with Gasteiger partial charge in [0.15, 0.2) is 0 Å². The van der Waals surface area contributed by atoms with Crippen LogP contribution in [0.2, 0.25) is 0 Å². The Labute approximate surface area is 66.2 Å². The summed E-state index contributed by atoms with van der Waals surface area (Å²) in [6.45, 7) is 1.94. The zero-order valence-electron chi connectivity index (χ0n) is 6.71. The van der Waals surface area contributed by atoms with Gasteiger partial charge in [-0.25, -0.2) is 0 Å². The Bertz CT molecular complexity index is 116. The molecule has 1 atom stereocenters. The van der Waals surface area contributed by atoms with Crippen LogP contribution < -0.4 is 5.32 Å². The smallest absolute Gasteiger partial charge is 0.219 e. The fourth-order valence-electron chi connectivity index (χ4n) is 0.594. The molecule has 0 heterocycles. The average molecular weight is 161 g/mol. The number of hydrogen-bond donors (Lipinski definition) is 3. The van der Waals surface area contributed by atoms with Crippen LogP contribution in [-0.4, -0.2) is 35.4 Å². The quantitative estimate of drug-likeness (QED) is 0.497. The second-order valence-corrected chi connectivity index (χ2v) is 2.33. The van der Waals surface area contributed by atoms with Gasteiger partial charge in [-0.1, -0.05) is 6.92 Å². The second kappa shape index (κ2) is 6.12. The molecule has 0 aromatic heterocycles. The molecule has 0 bridgehead atoms. The molecular weight excluding hydrogens is 146 g/mol. The molecule has 0 aliphatic heterocycles. The number of aliphatic hydroxyl groups excluding tert-OH is 2. The summed E-state index contributed by atoms with van der Waals surface area (Å²) in [6, 6.07) is 0. The summed E-state index contributed by atoms with van der Waals surface area (Å²) in [5, 5.41) is 19.8. The zero-order chi connectivity index (χ0) is 8.69. The van der Waals surface area contributed by atoms with E-state index in [1.807, 2.05) is 0 Å². The largest absolute Gasteiger partial charge is 0.394 e. The highest BCUT2D eigenvalue weighted by Gasteiger charge is 2.01. The predicted octanol–water partition coefficient (Wildman–Crippen LogP) is -0.744. The van der Waals surface area contributed by atoms with Crippen LogP contribution in [-0.2, 0) is 4.79 Å². The van der Waals surface area contributed by atoms with Crippen molar-refractivity contribution in [2.24, 2.45) is 0 Å². The third-order valence-corrected chi connectivity index (χ3v) is 1.33. The molecule has 4 nitrogen and oxygen atoms in total. The fourth-order valence-corrected chi connectivity index (χ4v) is 0.594. The number of carbonyl (C=O) groups excluding carboxylic acids is 1. The van der Waals surface area contributed by atoms with Crippen molar-refractivity contribution in [1.29, 1.82) is 0 Å². The normalized spacial score (nSPS) is 12.6. The van der Waals surface area contributed by atoms with Crippen molar-refractivity contribution in [1.82, 2.24) is 5.32 Å². The van der Waals surface area contributed by atoms with E-state index in [1.54, 1.807) is 6.92 Å². The molecule has 1 amide bonds. The second-order valence-electron chi connectivity index (χ2n) is 2.33. The fraction of sp³-hybridized carbons (Fsp3) is 0.857. The van der Waals surface area contributed by atoms with Crippen molar-refractivity contribution in [3.05, 3.63) is 0 Å². The third kappa shape index (κ3) is 5.82. The van der Waals surface area contributed by atoms with Crippen LogP contribution in [0.5, 0.6) is 0 Å². The maximum atomic E-state index is 10.6. The van der Waals surface area contributed by atoms with Gasteiger partial charge in [0.05, 0.1) is 12.7 Å². The molecule has 1 unspecified atom stereocenters. The molecule has 0 aromatic rings. The Morgan fingerprint density at radius 3 is 2.73 bits per heavy atom. The van der Waals surface area contributed by atoms with E-state index >= 15 is 0 Å². The van der Waals surface area contributed by atoms with Crippen LogP contribution in [0.3, 0.4) is 0 Å². The molecular formula is C7H15NO3. The number of nitrogens with one attached hydrogen (secondary N) is 1. The number of hydrogen-bond acceptors (Lipinski definition) is 3. The molecule has 0 aliphatic rings. The minimum absolute atomic E-state index is 0.0323. The van der Waals surface area contributed by atoms with Crippen molar-refractivity contribution in [3.8, 4) is 0 Å². The van der Waals surface area contributed by atoms with Crippen LogP contribution in [0.25, 0.3) is 0 Å². The molecule has 0 spiro atoms. The van der Waals surface area contributed by atoms with Gasteiger partial charge in [-0.15, -0.1) is 0 Å². The van der Waals surface area contributed by atoms with E-state index in [0.29, 0.717) is 19.4 Å². The Morgan fingerprint density at radius 1 is 1.64 bits per heavy atom. The molecule has 0 aliphatic carbocycles. The number of rotatable bonds is 5. The summed E-state index contributed by atoms with van der Waals surface area (Å²) in [5.41, 5.74) is 0. The van der Waals surface area contributed by atoms with Gasteiger partial charge in [0, 0.05) is 13.0 Å². The van der Waals surface area contributed by atoms with E-state index in [0.717, 1.165) is 0 Å². The molecule has 0 aromatic carbocycles. The summed E-state index contributed by atoms with van der Waals surface area (Å²) >= 11 is 0. The summed E-state index contributed by atoms with van der Waals surface area (Å²) < 4.78 is 0. The van der Waals surface area contributed by atoms with E-state index in [-0.39, 0.29) is 12.5 Å². The summed E-state index contributed by atoms with van der Waals surface area (Å²) in [6.07, 6.45) is 0.143. The van der Waals surface area contributed by atoms with E-state index in [1.165, 1.54) is 0 Å². The van der Waals surface area contributed by atoms with Gasteiger partial charge < -0.3 is 15.5 Å². The molecule has 0 fully saturated rings. The molecule has 0 rings (SSSR count). The number of amides is 1. The highest BCUT2D eigenvalue weighted by atomic mass is 16.3. The van der Waals surface area contributed by atoms with Crippen LogP contribution in [0, 0.1) is 0 Å². The highest BCUT2D eigenvalue weighted by molar-refractivity contribution is 5.75. The lowest BCUT2D eigenvalue weighted by Crippen LogP contribution is -2.27. The van der Waals surface area contributed by atoms with Crippen molar-refractivity contribution in [2.75, 3.05) is 13.2 Å². The van der Waals surface area contributed by atoms with Crippen LogP contribution in [0.1, 0.15) is 19.8 Å². The molecule has 11 heavy (non-hydrogen) atoms. The summed E-state index contributed by atoms with van der Waals surface area (Å²) in [7, 11) is 0. The Balaban J connectivity index is 3.20. The standard InChI is InChI=1S/C7H15NO3/c1-2-7(11)8-4-3-6(10)5-9/h6,9-10H,2-5H2,1H3,(H,8,11). The first kappa shape index (κ1) is 10.4. The minimum atomic E-state index is -0.716. The first-order valence-electron chi connectivity index (χ1n) is 3.76. The van der Waals surface area contributed by atoms with Crippen molar-refractivity contribution < 1.29 is 15.0 Å². The number of carbonyl (C=O) groups is 1. The van der Waals surface area contributed by atoms with Gasteiger partial charge in [0.2, 0.25) is 5.91 Å². The van der Waals surface area contributed by atoms with Gasteiger partial charge in [0.25, 0.3) is 0 Å². The summed E-state index contributed by atoms with van der Waals surface area (Å²) in [5.74, 6) is -0.0323. The minimum Gasteiger partial charge on any atom is -0.394 e. The van der Waals surface area contributed by atoms with E-state index < -0.39 is 6.10 Å². The van der Waals surface area contributed by atoms with E-state index in [4.69, 9.17) is 10.2 Å². The topological polar surface area (TPSA) is 69.6 Å². The van der Waals surface area contributed by atoms with Crippen LogP contribution >= 0.6 is 0 Å². The Morgan fingerprint density at radius 2 is 2.27 bits per heavy atom. The maximum absolute atomic E-state index is 10.6. The van der Waals surface area contributed by atoms with Crippen molar-refractivity contribution >= 4 is 5.91 Å². The lowest BCUT2D eigenvalue weighted by molar-refractivity contribution is -0.120. The molecule has 66 valence electrons. The van der Waals surface area contributed by atoms with Crippen LogP contribution in [0.4, 0.5) is 0 Å². The van der Waals surface area contributed by atoms with Gasteiger partial charge in [-0.3, -0.25) is 4.79 Å². The molecule has 0 saturated carbocycles. The van der Waals surface area contributed by atoms with Gasteiger partial charge in [-0.05, 0) is 6.42 Å². The lowest BCUT2D eigenvalue weighted by Gasteiger charge is -2.06. The monoisotopic (exact) mass is 161 g/mol. The lowest BCUT2D eigenvalue weighted by atomic mass is 10.2. The first-order valence-corrected chi connectivity index (χ1v) is 3.76. The third-order valence-electron chi connectivity index (χ3n) is 1.33. The first-order chi connectivity index (χ1) is 5.20. The van der Waals surface area contributed by atoms with Gasteiger partial charge in [-0.2, -0.15) is 0 Å². The molecule has 0 saturated heterocycles.